The summed E-state index contributed by atoms with van der Waals surface area (Å²) in [5, 5.41) is 0. The van der Waals surface area contributed by atoms with Crippen LogP contribution in [0.4, 0.5) is 5.95 Å². The highest BCUT2D eigenvalue weighted by molar-refractivity contribution is 5.67. The van der Waals surface area contributed by atoms with Crippen LogP contribution in [0, 0.1) is 0 Å². The maximum Gasteiger partial charge on any atom is 0.220 e. The van der Waals surface area contributed by atoms with Gasteiger partial charge in [0.2, 0.25) is 5.95 Å². The lowest BCUT2D eigenvalue weighted by Crippen LogP contribution is -2.36. The van der Waals surface area contributed by atoms with Crippen molar-refractivity contribution < 1.29 is 9.47 Å². The van der Waals surface area contributed by atoms with Gasteiger partial charge in [-0.15, -0.1) is 0 Å². The minimum absolute atomic E-state index is 0.232. The summed E-state index contributed by atoms with van der Waals surface area (Å²) in [6.45, 7) is 2.66. The van der Waals surface area contributed by atoms with Gasteiger partial charge in [0.15, 0.2) is 0 Å². The Labute approximate surface area is 149 Å². The van der Waals surface area contributed by atoms with Gasteiger partial charge < -0.3 is 15.2 Å². The average Bonchev–Trinajstić information content (AvgIpc) is 2.66. The molecule has 6 heteroatoms. The molecule has 0 amide bonds. The minimum Gasteiger partial charge on any atom is -0.497 e. The van der Waals surface area contributed by atoms with E-state index in [4.69, 9.17) is 15.2 Å². The standard InChI is InChI=1S/C19H26N4O2/c1-24-11-10-23-9-4-3-8-17(23)18-16(13-21-19(20)22-18)14-6-5-7-15(12-14)25-2/h5-7,12-13,17H,3-4,8-11H2,1-2H3,(H2,20,21,22). The number of nitrogens with two attached hydrogens (primary N) is 1. The van der Waals surface area contributed by atoms with Crippen molar-refractivity contribution in [1.82, 2.24) is 14.9 Å². The van der Waals surface area contributed by atoms with Gasteiger partial charge in [-0.2, -0.15) is 0 Å². The molecule has 1 saturated heterocycles. The largest absolute Gasteiger partial charge is 0.497 e. The van der Waals surface area contributed by atoms with Gasteiger partial charge >= 0.3 is 0 Å². The first-order chi connectivity index (χ1) is 12.2. The van der Waals surface area contributed by atoms with Crippen molar-refractivity contribution in [1.29, 1.82) is 0 Å². The van der Waals surface area contributed by atoms with Crippen LogP contribution in [0.1, 0.15) is 31.0 Å². The van der Waals surface area contributed by atoms with E-state index in [-0.39, 0.29) is 6.04 Å². The number of rotatable bonds is 6. The molecule has 0 saturated carbocycles. The molecule has 1 aliphatic rings. The molecule has 0 spiro atoms. The second kappa shape index (κ2) is 8.27. The first-order valence-corrected chi connectivity index (χ1v) is 8.72. The number of benzene rings is 1. The minimum atomic E-state index is 0.232. The van der Waals surface area contributed by atoms with E-state index in [1.165, 1.54) is 12.8 Å². The Balaban J connectivity index is 2.00. The predicted octanol–water partition coefficient (Wildman–Crippen LogP) is 2.91. The third-order valence-corrected chi connectivity index (χ3v) is 4.73. The van der Waals surface area contributed by atoms with Gasteiger partial charge in [0.25, 0.3) is 0 Å². The second-order valence-corrected chi connectivity index (χ2v) is 6.30. The van der Waals surface area contributed by atoms with Gasteiger partial charge in [-0.25, -0.2) is 9.97 Å². The summed E-state index contributed by atoms with van der Waals surface area (Å²) in [6, 6.07) is 8.23. The van der Waals surface area contributed by atoms with Gasteiger partial charge in [0.05, 0.1) is 25.5 Å². The predicted molar refractivity (Wildman–Crippen MR) is 98.5 cm³/mol. The van der Waals surface area contributed by atoms with Crippen LogP contribution < -0.4 is 10.5 Å². The Kier molecular flexibility index (Phi) is 5.83. The van der Waals surface area contributed by atoms with E-state index in [0.717, 1.165) is 42.1 Å². The molecule has 0 bridgehead atoms. The lowest BCUT2D eigenvalue weighted by Gasteiger charge is -2.36. The maximum absolute atomic E-state index is 5.92. The molecule has 2 heterocycles. The highest BCUT2D eigenvalue weighted by atomic mass is 16.5. The molecule has 2 aromatic rings. The zero-order valence-electron chi connectivity index (χ0n) is 14.9. The van der Waals surface area contributed by atoms with Gasteiger partial charge in [0.1, 0.15) is 5.75 Å². The van der Waals surface area contributed by atoms with Crippen LogP contribution in [-0.4, -0.2) is 48.8 Å². The van der Waals surface area contributed by atoms with Crippen LogP contribution >= 0.6 is 0 Å². The smallest absolute Gasteiger partial charge is 0.220 e. The fourth-order valence-electron chi connectivity index (χ4n) is 3.45. The van der Waals surface area contributed by atoms with Gasteiger partial charge in [-0.1, -0.05) is 18.6 Å². The Morgan fingerprint density at radius 3 is 2.96 bits per heavy atom. The molecule has 6 nitrogen and oxygen atoms in total. The van der Waals surface area contributed by atoms with Crippen molar-refractivity contribution in [3.8, 4) is 16.9 Å². The molecule has 0 aliphatic carbocycles. The molecular weight excluding hydrogens is 316 g/mol. The summed E-state index contributed by atoms with van der Waals surface area (Å²) in [7, 11) is 3.41. The quantitative estimate of drug-likeness (QED) is 0.870. The summed E-state index contributed by atoms with van der Waals surface area (Å²) in [5.74, 6) is 1.14. The number of anilines is 1. The highest BCUT2D eigenvalue weighted by Gasteiger charge is 2.27. The molecule has 1 aliphatic heterocycles. The van der Waals surface area contributed by atoms with E-state index in [1.807, 2.05) is 24.4 Å². The number of likely N-dealkylation sites (tertiary alicyclic amines) is 1. The molecule has 1 atom stereocenters. The van der Waals surface area contributed by atoms with Crippen molar-refractivity contribution in [2.24, 2.45) is 0 Å². The lowest BCUT2D eigenvalue weighted by molar-refractivity contribution is 0.0945. The van der Waals surface area contributed by atoms with E-state index in [0.29, 0.717) is 12.6 Å². The average molecular weight is 342 g/mol. The topological polar surface area (TPSA) is 73.5 Å². The van der Waals surface area contributed by atoms with Gasteiger partial charge in [-0.05, 0) is 37.1 Å². The number of piperidine rings is 1. The number of methoxy groups -OCH3 is 2. The van der Waals surface area contributed by atoms with E-state index in [2.05, 4.69) is 20.9 Å². The Morgan fingerprint density at radius 2 is 2.16 bits per heavy atom. The molecule has 0 radical (unpaired) electrons. The molecule has 1 aromatic carbocycles. The Morgan fingerprint density at radius 1 is 1.28 bits per heavy atom. The number of nitrogen functional groups attached to an aromatic ring is 1. The first-order valence-electron chi connectivity index (χ1n) is 8.72. The monoisotopic (exact) mass is 342 g/mol. The van der Waals surface area contributed by atoms with Gasteiger partial charge in [-0.3, -0.25) is 4.90 Å². The maximum atomic E-state index is 5.92. The lowest BCUT2D eigenvalue weighted by atomic mass is 9.94. The Hall–Kier alpha value is -2.18. The number of hydrogen-bond acceptors (Lipinski definition) is 6. The molecule has 1 fully saturated rings. The normalized spacial score (nSPS) is 18.2. The fourth-order valence-corrected chi connectivity index (χ4v) is 3.45. The van der Waals surface area contributed by atoms with Crippen LogP contribution in [0.3, 0.4) is 0 Å². The van der Waals surface area contributed by atoms with Gasteiger partial charge in [0, 0.05) is 25.4 Å². The number of ether oxygens (including phenoxy) is 2. The van der Waals surface area contributed by atoms with Crippen molar-refractivity contribution in [2.45, 2.75) is 25.3 Å². The van der Waals surface area contributed by atoms with E-state index >= 15 is 0 Å². The number of nitrogens with zero attached hydrogens (tertiary/aromatic N) is 3. The second-order valence-electron chi connectivity index (χ2n) is 6.30. The third-order valence-electron chi connectivity index (χ3n) is 4.73. The summed E-state index contributed by atoms with van der Waals surface area (Å²) in [6.07, 6.45) is 5.29. The zero-order valence-corrected chi connectivity index (χ0v) is 14.9. The molecule has 3 rings (SSSR count). The van der Waals surface area contributed by atoms with E-state index in [1.54, 1.807) is 14.2 Å². The van der Waals surface area contributed by atoms with E-state index in [9.17, 15) is 0 Å². The molecule has 25 heavy (non-hydrogen) atoms. The van der Waals surface area contributed by atoms with Crippen LogP contribution in [0.2, 0.25) is 0 Å². The Bertz CT molecular complexity index is 708. The highest BCUT2D eigenvalue weighted by Crippen LogP contribution is 2.36. The van der Waals surface area contributed by atoms with Crippen LogP contribution in [-0.2, 0) is 4.74 Å². The third kappa shape index (κ3) is 4.08. The summed E-state index contributed by atoms with van der Waals surface area (Å²) >= 11 is 0. The van der Waals surface area contributed by atoms with Crippen molar-refractivity contribution >= 4 is 5.95 Å². The molecular formula is C19H26N4O2. The SMILES string of the molecule is COCCN1CCCCC1c1nc(N)ncc1-c1cccc(OC)c1. The van der Waals surface area contributed by atoms with Crippen molar-refractivity contribution in [3.05, 3.63) is 36.2 Å². The molecule has 1 unspecified atom stereocenters. The fraction of sp³-hybridized carbons (Fsp3) is 0.474. The molecule has 1 aromatic heterocycles. The summed E-state index contributed by atoms with van der Waals surface area (Å²) in [5.41, 5.74) is 8.98. The number of aromatic nitrogens is 2. The van der Waals surface area contributed by atoms with Crippen molar-refractivity contribution in [3.63, 3.8) is 0 Å². The summed E-state index contributed by atoms with van der Waals surface area (Å²) in [4.78, 5) is 11.3. The van der Waals surface area contributed by atoms with Crippen LogP contribution in [0.15, 0.2) is 30.5 Å². The van der Waals surface area contributed by atoms with Crippen LogP contribution in [0.25, 0.3) is 11.1 Å². The van der Waals surface area contributed by atoms with E-state index < -0.39 is 0 Å². The first kappa shape index (κ1) is 17.6. The van der Waals surface area contributed by atoms with Crippen LogP contribution in [0.5, 0.6) is 5.75 Å². The molecule has 134 valence electrons. The molecule has 2 N–H and O–H groups in total. The summed E-state index contributed by atoms with van der Waals surface area (Å²) < 4.78 is 10.6. The number of hydrogen-bond donors (Lipinski definition) is 1. The van der Waals surface area contributed by atoms with Crippen molar-refractivity contribution in [2.75, 3.05) is 39.6 Å². The zero-order chi connectivity index (χ0) is 17.6.